The summed E-state index contributed by atoms with van der Waals surface area (Å²) in [5.41, 5.74) is 0.452. The van der Waals surface area contributed by atoms with Crippen LogP contribution in [0.15, 0.2) is 17.4 Å². The molecule has 1 aliphatic rings. The van der Waals surface area contributed by atoms with Crippen LogP contribution in [-0.4, -0.2) is 49.3 Å². The summed E-state index contributed by atoms with van der Waals surface area (Å²) in [7, 11) is 0. The Bertz CT molecular complexity index is 892. The molecule has 2 aromatic heterocycles. The van der Waals surface area contributed by atoms with Crippen molar-refractivity contribution >= 4 is 23.1 Å². The number of aromatic nitrogens is 4. The molecule has 0 amide bonds. The zero-order valence-corrected chi connectivity index (χ0v) is 16.2. The van der Waals surface area contributed by atoms with Crippen molar-refractivity contribution < 1.29 is 24.2 Å². The number of hydrogen-bond donors (Lipinski definition) is 2. The van der Waals surface area contributed by atoms with E-state index in [-0.39, 0.29) is 42.4 Å². The molecular weight excluding hydrogens is 380 g/mol. The number of fused-ring (bicyclic) bond motifs is 1. The number of aromatic amines is 1. The fourth-order valence-electron chi connectivity index (χ4n) is 3.42. The molecule has 1 saturated heterocycles. The van der Waals surface area contributed by atoms with Crippen molar-refractivity contribution in [3.8, 4) is 0 Å². The van der Waals surface area contributed by atoms with E-state index in [9.17, 15) is 14.4 Å². The molecule has 29 heavy (non-hydrogen) atoms. The number of ether oxygens (including phenoxy) is 2. The van der Waals surface area contributed by atoms with E-state index in [0.717, 1.165) is 38.5 Å². The maximum Gasteiger partial charge on any atom is 0.305 e. The second-order valence-corrected chi connectivity index (χ2v) is 7.19. The number of rotatable bonds is 11. The van der Waals surface area contributed by atoms with Crippen molar-refractivity contribution in [3.63, 3.8) is 0 Å². The van der Waals surface area contributed by atoms with Crippen molar-refractivity contribution in [3.05, 3.63) is 23.0 Å². The molecule has 0 spiro atoms. The van der Waals surface area contributed by atoms with Crippen LogP contribution in [0.1, 0.15) is 64.0 Å². The number of esters is 1. The molecule has 0 radical (unpaired) electrons. The maximum atomic E-state index is 11.9. The van der Waals surface area contributed by atoms with Crippen LogP contribution < -0.4 is 5.56 Å². The van der Waals surface area contributed by atoms with Crippen molar-refractivity contribution in [1.29, 1.82) is 0 Å². The Morgan fingerprint density at radius 2 is 1.93 bits per heavy atom. The highest BCUT2D eigenvalue weighted by atomic mass is 16.6. The lowest BCUT2D eigenvalue weighted by molar-refractivity contribution is -0.148. The zero-order chi connectivity index (χ0) is 20.6. The Morgan fingerprint density at radius 3 is 2.72 bits per heavy atom. The molecule has 3 rings (SSSR count). The molecule has 1 aliphatic heterocycles. The van der Waals surface area contributed by atoms with E-state index in [2.05, 4.69) is 15.0 Å². The molecule has 3 heterocycles. The average Bonchev–Trinajstić information content (AvgIpc) is 3.32. The number of nitrogens with zero attached hydrogens (tertiary/aromatic N) is 3. The SMILES string of the molecule is O=C(O)CCCCCCCC(=O)OC[C@@H]1CC[C@H](n2cnc3c(=O)[nH]cnc32)O1. The molecule has 1 fully saturated rings. The summed E-state index contributed by atoms with van der Waals surface area (Å²) >= 11 is 0. The second-order valence-electron chi connectivity index (χ2n) is 7.19. The Hall–Kier alpha value is -2.75. The topological polar surface area (TPSA) is 136 Å². The number of aliphatic carboxylic acids is 1. The van der Waals surface area contributed by atoms with Crippen molar-refractivity contribution in [2.24, 2.45) is 0 Å². The first kappa shape index (κ1) is 21.0. The summed E-state index contributed by atoms with van der Waals surface area (Å²) in [6.07, 6.45) is 8.50. The third-order valence-electron chi connectivity index (χ3n) is 4.96. The van der Waals surface area contributed by atoms with Gasteiger partial charge in [-0.15, -0.1) is 0 Å². The van der Waals surface area contributed by atoms with Crippen molar-refractivity contribution in [2.75, 3.05) is 6.61 Å². The molecular formula is C19H26N4O6. The number of carboxylic acid groups (broad SMARTS) is 1. The molecule has 0 aromatic carbocycles. The van der Waals surface area contributed by atoms with Gasteiger partial charge in [-0.3, -0.25) is 19.0 Å². The lowest BCUT2D eigenvalue weighted by atomic mass is 10.1. The summed E-state index contributed by atoms with van der Waals surface area (Å²) in [4.78, 5) is 44.8. The molecule has 0 saturated carbocycles. The fourth-order valence-corrected chi connectivity index (χ4v) is 3.42. The lowest BCUT2D eigenvalue weighted by Crippen LogP contribution is -2.19. The van der Waals surface area contributed by atoms with Crippen LogP contribution in [0.2, 0.25) is 0 Å². The summed E-state index contributed by atoms with van der Waals surface area (Å²) < 4.78 is 13.0. The third kappa shape index (κ3) is 5.86. The number of unbranched alkanes of at least 4 members (excludes halogenated alkanes) is 4. The zero-order valence-electron chi connectivity index (χ0n) is 16.2. The second kappa shape index (κ2) is 10.1. The normalized spacial score (nSPS) is 18.9. The third-order valence-corrected chi connectivity index (χ3v) is 4.96. The van der Waals surface area contributed by atoms with Crippen LogP contribution in [0.25, 0.3) is 11.2 Å². The van der Waals surface area contributed by atoms with Gasteiger partial charge in [0.05, 0.1) is 18.8 Å². The highest BCUT2D eigenvalue weighted by Gasteiger charge is 2.29. The minimum Gasteiger partial charge on any atom is -0.481 e. The van der Waals surface area contributed by atoms with Gasteiger partial charge in [0.1, 0.15) is 12.8 Å². The minimum absolute atomic E-state index is 0.195. The largest absolute Gasteiger partial charge is 0.481 e. The molecule has 0 bridgehead atoms. The van der Waals surface area contributed by atoms with E-state index in [1.165, 1.54) is 6.33 Å². The van der Waals surface area contributed by atoms with Crippen LogP contribution in [0, 0.1) is 0 Å². The van der Waals surface area contributed by atoms with Gasteiger partial charge in [0, 0.05) is 12.8 Å². The van der Waals surface area contributed by atoms with Crippen LogP contribution in [0.5, 0.6) is 0 Å². The van der Waals surface area contributed by atoms with Gasteiger partial charge in [-0.05, 0) is 25.7 Å². The van der Waals surface area contributed by atoms with Gasteiger partial charge in [-0.2, -0.15) is 0 Å². The quantitative estimate of drug-likeness (QED) is 0.428. The van der Waals surface area contributed by atoms with E-state index >= 15 is 0 Å². The Labute approximate surface area is 167 Å². The van der Waals surface area contributed by atoms with E-state index in [1.807, 2.05) is 0 Å². The number of carbonyl (C=O) groups excluding carboxylic acids is 1. The van der Waals surface area contributed by atoms with Gasteiger partial charge in [0.25, 0.3) is 5.56 Å². The van der Waals surface area contributed by atoms with Gasteiger partial charge < -0.3 is 19.6 Å². The predicted molar refractivity (Wildman–Crippen MR) is 102 cm³/mol. The number of carbonyl (C=O) groups is 2. The van der Waals surface area contributed by atoms with Crippen molar-refractivity contribution in [1.82, 2.24) is 19.5 Å². The summed E-state index contributed by atoms with van der Waals surface area (Å²) in [5, 5.41) is 8.57. The number of hydrogen-bond acceptors (Lipinski definition) is 7. The van der Waals surface area contributed by atoms with E-state index in [1.54, 1.807) is 10.9 Å². The number of H-pyrrole nitrogens is 1. The van der Waals surface area contributed by atoms with Gasteiger partial charge in [0.2, 0.25) is 0 Å². The summed E-state index contributed by atoms with van der Waals surface area (Å²) in [6, 6.07) is 0. The Balaban J connectivity index is 1.34. The van der Waals surface area contributed by atoms with Gasteiger partial charge in [-0.1, -0.05) is 19.3 Å². The first-order chi connectivity index (χ1) is 14.0. The summed E-state index contributed by atoms with van der Waals surface area (Å²) in [6.45, 7) is 0.203. The van der Waals surface area contributed by atoms with Gasteiger partial charge >= 0.3 is 11.9 Å². The maximum absolute atomic E-state index is 11.9. The lowest BCUT2D eigenvalue weighted by Gasteiger charge is -2.15. The molecule has 0 unspecified atom stereocenters. The molecule has 10 nitrogen and oxygen atoms in total. The molecule has 0 aliphatic carbocycles. The van der Waals surface area contributed by atoms with Crippen LogP contribution >= 0.6 is 0 Å². The molecule has 2 N–H and O–H groups in total. The first-order valence-electron chi connectivity index (χ1n) is 9.97. The summed E-state index contributed by atoms with van der Waals surface area (Å²) in [5.74, 6) is -1.01. The molecule has 10 heteroatoms. The van der Waals surface area contributed by atoms with Crippen LogP contribution in [0.3, 0.4) is 0 Å². The predicted octanol–water partition coefficient (Wildman–Crippen LogP) is 2.16. The van der Waals surface area contributed by atoms with E-state index in [0.29, 0.717) is 18.5 Å². The minimum atomic E-state index is -0.768. The Kier molecular flexibility index (Phi) is 7.34. The Morgan fingerprint density at radius 1 is 1.17 bits per heavy atom. The number of carboxylic acids is 1. The smallest absolute Gasteiger partial charge is 0.305 e. The molecule has 2 aromatic rings. The van der Waals surface area contributed by atoms with Crippen LogP contribution in [-0.2, 0) is 19.1 Å². The highest BCUT2D eigenvalue weighted by Crippen LogP contribution is 2.30. The van der Waals surface area contributed by atoms with E-state index in [4.69, 9.17) is 14.6 Å². The monoisotopic (exact) mass is 406 g/mol. The fraction of sp³-hybridized carbons (Fsp3) is 0.632. The number of imidazole rings is 1. The van der Waals surface area contributed by atoms with Crippen molar-refractivity contribution in [2.45, 2.75) is 70.1 Å². The van der Waals surface area contributed by atoms with Crippen LogP contribution in [0.4, 0.5) is 0 Å². The van der Waals surface area contributed by atoms with E-state index < -0.39 is 5.97 Å². The number of nitrogens with one attached hydrogen (secondary N) is 1. The standard InChI is InChI=1S/C19H26N4O6/c24-15(25)6-4-2-1-3-5-7-16(26)28-10-13-8-9-14(29-13)23-12-22-17-18(23)20-11-21-19(17)27/h11-14H,1-10H2,(H,24,25)(H,20,21,27)/t13-,14+/m0/s1. The van der Waals surface area contributed by atoms with Gasteiger partial charge in [0.15, 0.2) is 11.2 Å². The average molecular weight is 406 g/mol. The highest BCUT2D eigenvalue weighted by molar-refractivity contribution is 5.69. The van der Waals surface area contributed by atoms with Gasteiger partial charge in [-0.25, -0.2) is 9.97 Å². The first-order valence-corrected chi connectivity index (χ1v) is 9.97. The molecule has 2 atom stereocenters. The molecule has 158 valence electrons.